The summed E-state index contributed by atoms with van der Waals surface area (Å²) < 4.78 is 5.14. The summed E-state index contributed by atoms with van der Waals surface area (Å²) in [5.41, 5.74) is 1.38. The van der Waals surface area contributed by atoms with Crippen LogP contribution in [0.1, 0.15) is 43.5 Å². The van der Waals surface area contributed by atoms with Crippen LogP contribution in [0, 0.1) is 6.92 Å². The van der Waals surface area contributed by atoms with Crippen LogP contribution in [-0.2, 0) is 13.0 Å². The molecule has 0 amide bonds. The van der Waals surface area contributed by atoms with Gasteiger partial charge in [-0.2, -0.15) is 4.98 Å². The van der Waals surface area contributed by atoms with Gasteiger partial charge in [0.2, 0.25) is 5.89 Å². The molecule has 0 saturated carbocycles. The van der Waals surface area contributed by atoms with Crippen molar-refractivity contribution in [2.24, 2.45) is 4.99 Å². The molecule has 1 aromatic carbocycles. The third-order valence-electron chi connectivity index (χ3n) is 5.24. The number of nitrogens with one attached hydrogen (secondary N) is 2. The SMILES string of the molecule is CN=C(NCCCc1nc(C)no1)NC1CCN(Cc2ccccc2)C(C)C1. The van der Waals surface area contributed by atoms with Gasteiger partial charge in [-0.25, -0.2) is 0 Å². The number of guanidine groups is 1. The van der Waals surface area contributed by atoms with Gasteiger partial charge >= 0.3 is 0 Å². The van der Waals surface area contributed by atoms with Gasteiger partial charge < -0.3 is 15.2 Å². The third-order valence-corrected chi connectivity index (χ3v) is 5.24. The molecular formula is C21H32N6O. The van der Waals surface area contributed by atoms with Gasteiger partial charge in [0, 0.05) is 45.2 Å². The lowest BCUT2D eigenvalue weighted by Crippen LogP contribution is -2.51. The van der Waals surface area contributed by atoms with E-state index in [1.54, 1.807) is 0 Å². The zero-order valence-electron chi connectivity index (χ0n) is 17.2. The highest BCUT2D eigenvalue weighted by Gasteiger charge is 2.25. The fourth-order valence-corrected chi connectivity index (χ4v) is 3.68. The molecule has 0 bridgehead atoms. The minimum atomic E-state index is 0.451. The highest BCUT2D eigenvalue weighted by molar-refractivity contribution is 5.79. The summed E-state index contributed by atoms with van der Waals surface area (Å²) in [5.74, 6) is 2.26. The molecule has 0 aliphatic carbocycles. The summed E-state index contributed by atoms with van der Waals surface area (Å²) in [5, 5.41) is 10.8. The molecule has 1 aliphatic heterocycles. The van der Waals surface area contributed by atoms with Gasteiger partial charge in [0.25, 0.3) is 0 Å². The first-order valence-electron chi connectivity index (χ1n) is 10.2. The van der Waals surface area contributed by atoms with Gasteiger partial charge in [-0.1, -0.05) is 35.5 Å². The molecule has 1 aromatic heterocycles. The van der Waals surface area contributed by atoms with E-state index in [-0.39, 0.29) is 0 Å². The summed E-state index contributed by atoms with van der Waals surface area (Å²) in [7, 11) is 1.82. The molecule has 2 heterocycles. The number of benzene rings is 1. The topological polar surface area (TPSA) is 78.6 Å². The molecule has 2 unspecified atom stereocenters. The minimum absolute atomic E-state index is 0.451. The normalized spacial score (nSPS) is 20.9. The summed E-state index contributed by atoms with van der Waals surface area (Å²) in [6, 6.07) is 11.7. The van der Waals surface area contributed by atoms with E-state index in [9.17, 15) is 0 Å². The van der Waals surface area contributed by atoms with E-state index in [1.165, 1.54) is 5.56 Å². The van der Waals surface area contributed by atoms with E-state index >= 15 is 0 Å². The molecule has 7 heteroatoms. The fourth-order valence-electron chi connectivity index (χ4n) is 3.68. The van der Waals surface area contributed by atoms with Crippen molar-refractivity contribution in [3.05, 3.63) is 47.6 Å². The molecule has 152 valence electrons. The maximum atomic E-state index is 5.14. The Labute approximate surface area is 167 Å². The molecule has 2 N–H and O–H groups in total. The molecule has 1 fully saturated rings. The molecule has 3 rings (SSSR count). The zero-order chi connectivity index (χ0) is 19.8. The Morgan fingerprint density at radius 3 is 2.82 bits per heavy atom. The summed E-state index contributed by atoms with van der Waals surface area (Å²) >= 11 is 0. The predicted octanol–water partition coefficient (Wildman–Crippen LogP) is 2.53. The predicted molar refractivity (Wildman–Crippen MR) is 111 cm³/mol. The fraction of sp³-hybridized carbons (Fsp3) is 0.571. The average Bonchev–Trinajstić information content (AvgIpc) is 3.12. The number of nitrogens with zero attached hydrogens (tertiary/aromatic N) is 4. The second-order valence-electron chi connectivity index (χ2n) is 7.51. The Bertz CT molecular complexity index is 744. The van der Waals surface area contributed by atoms with E-state index in [4.69, 9.17) is 4.52 Å². The van der Waals surface area contributed by atoms with E-state index in [0.717, 1.165) is 51.3 Å². The maximum Gasteiger partial charge on any atom is 0.226 e. The number of aromatic nitrogens is 2. The van der Waals surface area contributed by atoms with Crippen LogP contribution in [0.25, 0.3) is 0 Å². The van der Waals surface area contributed by atoms with Crippen molar-refractivity contribution < 1.29 is 4.52 Å². The molecule has 2 atom stereocenters. The highest BCUT2D eigenvalue weighted by atomic mass is 16.5. The number of hydrogen-bond acceptors (Lipinski definition) is 5. The van der Waals surface area contributed by atoms with Crippen LogP contribution in [0.5, 0.6) is 0 Å². The lowest BCUT2D eigenvalue weighted by molar-refractivity contribution is 0.134. The second-order valence-corrected chi connectivity index (χ2v) is 7.51. The van der Waals surface area contributed by atoms with Crippen LogP contribution in [0.3, 0.4) is 0 Å². The Balaban J connectivity index is 1.38. The summed E-state index contributed by atoms with van der Waals surface area (Å²) in [4.78, 5) is 11.2. The minimum Gasteiger partial charge on any atom is -0.356 e. The van der Waals surface area contributed by atoms with Crippen molar-refractivity contribution in [2.75, 3.05) is 20.1 Å². The van der Waals surface area contributed by atoms with Gasteiger partial charge in [-0.15, -0.1) is 0 Å². The highest BCUT2D eigenvalue weighted by Crippen LogP contribution is 2.19. The van der Waals surface area contributed by atoms with Crippen LogP contribution < -0.4 is 10.6 Å². The van der Waals surface area contributed by atoms with Crippen LogP contribution in [0.4, 0.5) is 0 Å². The van der Waals surface area contributed by atoms with Gasteiger partial charge in [-0.3, -0.25) is 9.89 Å². The molecule has 28 heavy (non-hydrogen) atoms. The van der Waals surface area contributed by atoms with Crippen molar-refractivity contribution in [1.82, 2.24) is 25.7 Å². The van der Waals surface area contributed by atoms with Gasteiger partial charge in [-0.05, 0) is 38.7 Å². The quantitative estimate of drug-likeness (QED) is 0.434. The lowest BCUT2D eigenvalue weighted by Gasteiger charge is -2.38. The first-order chi connectivity index (χ1) is 13.6. The lowest BCUT2D eigenvalue weighted by atomic mass is 9.97. The van der Waals surface area contributed by atoms with Crippen LogP contribution in [0.2, 0.25) is 0 Å². The first kappa shape index (κ1) is 20.3. The Hall–Kier alpha value is -2.41. The number of rotatable bonds is 7. The molecular weight excluding hydrogens is 352 g/mol. The standard InChI is InChI=1S/C21H32N6O/c1-16-14-19(11-13-27(16)15-18-8-5-4-6-9-18)25-21(22-3)23-12-7-10-20-24-17(2)26-28-20/h4-6,8-9,16,19H,7,10-15H2,1-3H3,(H2,22,23,25). The molecule has 7 nitrogen and oxygen atoms in total. The Morgan fingerprint density at radius 2 is 2.14 bits per heavy atom. The van der Waals surface area contributed by atoms with Crippen LogP contribution in [-0.4, -0.2) is 53.2 Å². The second kappa shape index (κ2) is 10.2. The number of likely N-dealkylation sites (tertiary alicyclic amines) is 1. The average molecular weight is 385 g/mol. The number of aliphatic imine (C=N–C) groups is 1. The monoisotopic (exact) mass is 384 g/mol. The van der Waals surface area contributed by atoms with E-state index in [2.05, 4.69) is 67.9 Å². The number of hydrogen-bond donors (Lipinski definition) is 2. The van der Waals surface area contributed by atoms with Crippen molar-refractivity contribution in [2.45, 2.75) is 58.2 Å². The van der Waals surface area contributed by atoms with Crippen LogP contribution >= 0.6 is 0 Å². The zero-order valence-corrected chi connectivity index (χ0v) is 17.2. The smallest absolute Gasteiger partial charge is 0.226 e. The molecule has 0 spiro atoms. The maximum absolute atomic E-state index is 5.14. The third kappa shape index (κ3) is 6.05. The van der Waals surface area contributed by atoms with Crippen LogP contribution in [0.15, 0.2) is 39.8 Å². The number of piperidine rings is 1. The van der Waals surface area contributed by atoms with Gasteiger partial charge in [0.15, 0.2) is 11.8 Å². The van der Waals surface area contributed by atoms with E-state index in [0.29, 0.717) is 23.8 Å². The van der Waals surface area contributed by atoms with Crippen molar-refractivity contribution in [3.63, 3.8) is 0 Å². The van der Waals surface area contributed by atoms with E-state index < -0.39 is 0 Å². The first-order valence-corrected chi connectivity index (χ1v) is 10.2. The molecule has 1 saturated heterocycles. The Kier molecular flexibility index (Phi) is 7.42. The van der Waals surface area contributed by atoms with Gasteiger partial charge in [0.05, 0.1) is 0 Å². The summed E-state index contributed by atoms with van der Waals surface area (Å²) in [6.45, 7) is 7.10. The van der Waals surface area contributed by atoms with Crippen molar-refractivity contribution >= 4 is 5.96 Å². The van der Waals surface area contributed by atoms with Gasteiger partial charge in [0.1, 0.15) is 0 Å². The largest absolute Gasteiger partial charge is 0.356 e. The summed E-state index contributed by atoms with van der Waals surface area (Å²) in [6.07, 6.45) is 3.95. The number of aryl methyl sites for hydroxylation is 2. The van der Waals surface area contributed by atoms with Crippen molar-refractivity contribution in [1.29, 1.82) is 0 Å². The van der Waals surface area contributed by atoms with E-state index in [1.807, 2.05) is 14.0 Å². The molecule has 2 aromatic rings. The molecule has 0 radical (unpaired) electrons. The molecule has 1 aliphatic rings. The Morgan fingerprint density at radius 1 is 1.32 bits per heavy atom. The van der Waals surface area contributed by atoms with Crippen molar-refractivity contribution in [3.8, 4) is 0 Å².